The van der Waals surface area contributed by atoms with Crippen LogP contribution in [0, 0.1) is 6.20 Å². The highest BCUT2D eigenvalue weighted by molar-refractivity contribution is 5.50. The van der Waals surface area contributed by atoms with Crippen LogP contribution in [0.5, 0.6) is 5.88 Å². The van der Waals surface area contributed by atoms with Gasteiger partial charge in [0.1, 0.15) is 0 Å². The van der Waals surface area contributed by atoms with Gasteiger partial charge >= 0.3 is 0 Å². The van der Waals surface area contributed by atoms with Gasteiger partial charge in [-0.3, -0.25) is 0 Å². The molecule has 0 aliphatic carbocycles. The predicted molar refractivity (Wildman–Crippen MR) is 112 cm³/mol. The van der Waals surface area contributed by atoms with Crippen molar-refractivity contribution in [3.8, 4) is 5.88 Å². The zero-order valence-electron chi connectivity index (χ0n) is 15.7. The highest BCUT2D eigenvalue weighted by Gasteiger charge is 2.36. The Labute approximate surface area is 166 Å². The van der Waals surface area contributed by atoms with Crippen molar-refractivity contribution in [1.82, 2.24) is 4.98 Å². The SMILES string of the molecule is [c]1cccc(OCCC(c2ccccc2)(c2ccccc2)c2ccccc2)n1. The second-order valence-electron chi connectivity index (χ2n) is 6.71. The average molecular weight is 364 g/mol. The average Bonchev–Trinajstić information content (AvgIpc) is 2.79. The molecule has 4 rings (SSSR count). The molecule has 4 aromatic rings. The summed E-state index contributed by atoms with van der Waals surface area (Å²) < 4.78 is 5.98. The van der Waals surface area contributed by atoms with E-state index in [0.29, 0.717) is 12.5 Å². The van der Waals surface area contributed by atoms with Crippen LogP contribution < -0.4 is 4.74 Å². The van der Waals surface area contributed by atoms with E-state index in [1.54, 1.807) is 6.07 Å². The van der Waals surface area contributed by atoms with Crippen molar-refractivity contribution in [2.24, 2.45) is 0 Å². The lowest BCUT2D eigenvalue weighted by atomic mass is 9.67. The van der Waals surface area contributed by atoms with Crippen molar-refractivity contribution < 1.29 is 4.74 Å². The van der Waals surface area contributed by atoms with Crippen molar-refractivity contribution in [3.05, 3.63) is 132 Å². The highest BCUT2D eigenvalue weighted by Crippen LogP contribution is 2.42. The van der Waals surface area contributed by atoms with E-state index in [1.165, 1.54) is 16.7 Å². The summed E-state index contributed by atoms with van der Waals surface area (Å²) >= 11 is 0. The van der Waals surface area contributed by atoms with E-state index in [1.807, 2.05) is 12.1 Å². The molecule has 0 N–H and O–H groups in total. The summed E-state index contributed by atoms with van der Waals surface area (Å²) in [6, 6.07) is 37.5. The fraction of sp³-hybridized carbons (Fsp3) is 0.115. The molecule has 0 spiro atoms. The Hall–Kier alpha value is -3.39. The summed E-state index contributed by atoms with van der Waals surface area (Å²) in [6.45, 7) is 0.545. The van der Waals surface area contributed by atoms with Crippen molar-refractivity contribution in [3.63, 3.8) is 0 Å². The number of nitrogens with zero attached hydrogens (tertiary/aromatic N) is 1. The molecule has 0 amide bonds. The summed E-state index contributed by atoms with van der Waals surface area (Å²) in [7, 11) is 0. The van der Waals surface area contributed by atoms with Gasteiger partial charge in [0.2, 0.25) is 5.88 Å². The van der Waals surface area contributed by atoms with Crippen LogP contribution >= 0.6 is 0 Å². The molecule has 0 aliphatic rings. The molecule has 2 heteroatoms. The van der Waals surface area contributed by atoms with Crippen LogP contribution in [0.1, 0.15) is 23.1 Å². The third-order valence-electron chi connectivity index (χ3n) is 5.11. The maximum absolute atomic E-state index is 5.98. The number of rotatable bonds is 7. The van der Waals surface area contributed by atoms with E-state index in [4.69, 9.17) is 4.74 Å². The number of benzene rings is 3. The molecule has 1 aromatic heterocycles. The molecule has 0 fully saturated rings. The van der Waals surface area contributed by atoms with Gasteiger partial charge in [0.15, 0.2) is 0 Å². The van der Waals surface area contributed by atoms with Crippen LogP contribution in [-0.4, -0.2) is 11.6 Å². The number of hydrogen-bond donors (Lipinski definition) is 0. The third-order valence-corrected chi connectivity index (χ3v) is 5.11. The molecule has 3 aromatic carbocycles. The van der Waals surface area contributed by atoms with Gasteiger partial charge in [-0.2, -0.15) is 0 Å². The Bertz CT molecular complexity index is 873. The maximum atomic E-state index is 5.98. The molecule has 0 aliphatic heterocycles. The first-order valence-corrected chi connectivity index (χ1v) is 9.52. The first-order valence-electron chi connectivity index (χ1n) is 9.52. The van der Waals surface area contributed by atoms with Gasteiger partial charge in [-0.15, -0.1) is 0 Å². The molecule has 0 bridgehead atoms. The molecular weight excluding hydrogens is 342 g/mol. The van der Waals surface area contributed by atoms with Crippen molar-refractivity contribution in [2.45, 2.75) is 11.8 Å². The van der Waals surface area contributed by atoms with E-state index >= 15 is 0 Å². The molecule has 28 heavy (non-hydrogen) atoms. The molecule has 0 saturated carbocycles. The lowest BCUT2D eigenvalue weighted by Crippen LogP contribution is -2.31. The van der Waals surface area contributed by atoms with Crippen LogP contribution in [0.15, 0.2) is 109 Å². The van der Waals surface area contributed by atoms with E-state index < -0.39 is 0 Å². The summed E-state index contributed by atoms with van der Waals surface area (Å²) in [4.78, 5) is 4.17. The normalized spacial score (nSPS) is 11.1. The van der Waals surface area contributed by atoms with E-state index in [0.717, 1.165) is 6.42 Å². The van der Waals surface area contributed by atoms with Crippen molar-refractivity contribution in [2.75, 3.05) is 6.61 Å². The molecule has 0 saturated heterocycles. The first-order chi connectivity index (χ1) is 13.9. The van der Waals surface area contributed by atoms with E-state index in [2.05, 4.69) is 102 Å². The summed E-state index contributed by atoms with van der Waals surface area (Å²) in [5.41, 5.74) is 3.46. The number of hydrogen-bond acceptors (Lipinski definition) is 2. The fourth-order valence-corrected chi connectivity index (χ4v) is 3.80. The number of aromatic nitrogens is 1. The van der Waals surface area contributed by atoms with Crippen molar-refractivity contribution >= 4 is 0 Å². The molecule has 137 valence electrons. The Morgan fingerprint density at radius 3 is 1.57 bits per heavy atom. The zero-order valence-corrected chi connectivity index (χ0v) is 15.7. The third kappa shape index (κ3) is 3.67. The van der Waals surface area contributed by atoms with Gasteiger partial charge < -0.3 is 4.74 Å². The smallest absolute Gasteiger partial charge is 0.213 e. The summed E-state index contributed by atoms with van der Waals surface area (Å²) in [6.07, 6.45) is 3.62. The number of ether oxygens (including phenoxy) is 1. The second-order valence-corrected chi connectivity index (χ2v) is 6.71. The standard InChI is InChI=1S/C26H22NO/c1-4-12-22(13-5-1)26(23-14-6-2-7-15-23,24-16-8-3-9-17-24)19-21-28-25-18-10-11-20-27-25/h1-18H,19,21H2. The Kier molecular flexibility index (Phi) is 5.48. The van der Waals surface area contributed by atoms with Gasteiger partial charge in [0.25, 0.3) is 0 Å². The Morgan fingerprint density at radius 2 is 1.14 bits per heavy atom. The molecule has 0 atom stereocenters. The maximum Gasteiger partial charge on any atom is 0.213 e. The predicted octanol–water partition coefficient (Wildman–Crippen LogP) is 5.69. The fourth-order valence-electron chi connectivity index (χ4n) is 3.80. The monoisotopic (exact) mass is 364 g/mol. The van der Waals surface area contributed by atoms with Gasteiger partial charge in [0, 0.05) is 11.5 Å². The van der Waals surface area contributed by atoms with E-state index in [9.17, 15) is 0 Å². The minimum absolute atomic E-state index is 0.303. The molecule has 1 heterocycles. The highest BCUT2D eigenvalue weighted by atomic mass is 16.5. The zero-order chi connectivity index (χ0) is 19.1. The summed E-state index contributed by atoms with van der Waals surface area (Å²) in [5, 5.41) is 0. The van der Waals surface area contributed by atoms with Gasteiger partial charge in [-0.05, 0) is 29.2 Å². The second kappa shape index (κ2) is 8.53. The van der Waals surface area contributed by atoms with Crippen LogP contribution in [0.2, 0.25) is 0 Å². The summed E-state index contributed by atoms with van der Waals surface area (Å²) in [5.74, 6) is 0.602. The quantitative estimate of drug-likeness (QED) is 0.393. The van der Waals surface area contributed by atoms with Crippen LogP contribution in [-0.2, 0) is 5.41 Å². The van der Waals surface area contributed by atoms with Gasteiger partial charge in [-0.1, -0.05) is 97.1 Å². The van der Waals surface area contributed by atoms with Crippen LogP contribution in [0.4, 0.5) is 0 Å². The Morgan fingerprint density at radius 1 is 0.643 bits per heavy atom. The first kappa shape index (κ1) is 18.0. The lowest BCUT2D eigenvalue weighted by Gasteiger charge is -2.36. The molecule has 2 nitrogen and oxygen atoms in total. The molecule has 0 unspecified atom stereocenters. The Balaban J connectivity index is 1.79. The lowest BCUT2D eigenvalue weighted by molar-refractivity contribution is 0.276. The van der Waals surface area contributed by atoms with Crippen molar-refractivity contribution in [1.29, 1.82) is 0 Å². The molecule has 1 radical (unpaired) electrons. The largest absolute Gasteiger partial charge is 0.478 e. The van der Waals surface area contributed by atoms with Gasteiger partial charge in [0.05, 0.1) is 12.8 Å². The molecular formula is C26H22NO. The van der Waals surface area contributed by atoms with Gasteiger partial charge in [-0.25, -0.2) is 4.98 Å². The van der Waals surface area contributed by atoms with E-state index in [-0.39, 0.29) is 5.41 Å². The number of pyridine rings is 1. The van der Waals surface area contributed by atoms with Crippen LogP contribution in [0.3, 0.4) is 0 Å². The minimum Gasteiger partial charge on any atom is -0.478 e. The van der Waals surface area contributed by atoms with Crippen LogP contribution in [0.25, 0.3) is 0 Å². The minimum atomic E-state index is -0.303. The topological polar surface area (TPSA) is 22.1 Å².